The molecule has 0 bridgehead atoms. The van der Waals surface area contributed by atoms with Crippen LogP contribution in [0.25, 0.3) is 0 Å². The number of thiocarbonyl (C=S) groups is 1. The molecule has 0 aliphatic carbocycles. The number of carbonyl (C=O) groups is 2. The molecule has 42 heavy (non-hydrogen) atoms. The highest BCUT2D eigenvalue weighted by Gasteiger charge is 2.40. The molecule has 3 atom stereocenters. The predicted molar refractivity (Wildman–Crippen MR) is 156 cm³/mol. The molecule has 4 heterocycles. The van der Waals surface area contributed by atoms with E-state index in [0.29, 0.717) is 84.1 Å². The van der Waals surface area contributed by atoms with Crippen LogP contribution in [0.4, 0.5) is 4.39 Å². The molecule has 1 aromatic carbocycles. The monoisotopic (exact) mass is 598 g/mol. The number of carbonyl (C=O) groups excluding carboxylic acids is 1. The summed E-state index contributed by atoms with van der Waals surface area (Å²) in [5.41, 5.74) is 2.37. The lowest BCUT2D eigenvalue weighted by atomic mass is 9.91. The quantitative estimate of drug-likeness (QED) is 0.327. The standard InChI is InChI=1S/C29H35FN6O5S/c1-5-40-28(39)23-22(14-34-9-10-36-19(12-34)13-35(29(36)42)11-16(2)27(37)38)32-26(24-18(4)41-15-31-24)33-25(23)20-7-6-8-21(30)17(20)3/h6-8,15-16,19,25H,5,9-14H2,1-4H3,(H,32,33)(H,37,38)/t16-,19+,25?/m1/s1. The van der Waals surface area contributed by atoms with Gasteiger partial charge in [-0.15, -0.1) is 0 Å². The highest BCUT2D eigenvalue weighted by Crippen LogP contribution is 2.35. The van der Waals surface area contributed by atoms with E-state index in [2.05, 4.69) is 20.1 Å². The van der Waals surface area contributed by atoms with Gasteiger partial charge >= 0.3 is 11.9 Å². The predicted octanol–water partition coefficient (Wildman–Crippen LogP) is 2.65. The average Bonchev–Trinajstić information content (AvgIpc) is 3.52. The second-order valence-corrected chi connectivity index (χ2v) is 11.2. The number of piperazine rings is 1. The highest BCUT2D eigenvalue weighted by atomic mass is 32.1. The fourth-order valence-corrected chi connectivity index (χ4v) is 6.13. The summed E-state index contributed by atoms with van der Waals surface area (Å²) in [6, 6.07) is 4.02. The maximum atomic E-state index is 14.7. The molecule has 1 aromatic heterocycles. The Morgan fingerprint density at radius 2 is 2.07 bits per heavy atom. The van der Waals surface area contributed by atoms with Crippen molar-refractivity contribution in [3.8, 4) is 0 Å². The Balaban J connectivity index is 1.48. The Labute approximate surface area is 249 Å². The number of nitrogens with zero attached hydrogens (tertiary/aromatic N) is 5. The van der Waals surface area contributed by atoms with Gasteiger partial charge in [0.05, 0.1) is 24.1 Å². The van der Waals surface area contributed by atoms with Gasteiger partial charge in [0.2, 0.25) is 0 Å². The molecular weight excluding hydrogens is 563 g/mol. The number of esters is 1. The Kier molecular flexibility index (Phi) is 8.60. The van der Waals surface area contributed by atoms with E-state index in [1.54, 1.807) is 39.8 Å². The molecule has 2 fully saturated rings. The number of ether oxygens (including phenoxy) is 1. The summed E-state index contributed by atoms with van der Waals surface area (Å²) in [7, 11) is 0. The van der Waals surface area contributed by atoms with Crippen LogP contribution in [0.5, 0.6) is 0 Å². The number of aromatic nitrogens is 1. The van der Waals surface area contributed by atoms with E-state index in [0.717, 1.165) is 0 Å². The third-order valence-electron chi connectivity index (χ3n) is 8.01. The summed E-state index contributed by atoms with van der Waals surface area (Å²) >= 11 is 5.69. The average molecular weight is 599 g/mol. The van der Waals surface area contributed by atoms with Crippen molar-refractivity contribution in [3.05, 3.63) is 64.3 Å². The minimum atomic E-state index is -0.853. The molecule has 11 nitrogen and oxygen atoms in total. The lowest BCUT2D eigenvalue weighted by Crippen LogP contribution is -2.53. The summed E-state index contributed by atoms with van der Waals surface area (Å²) < 4.78 is 25.7. The highest BCUT2D eigenvalue weighted by molar-refractivity contribution is 7.80. The number of carboxylic acid groups (broad SMARTS) is 1. The van der Waals surface area contributed by atoms with Gasteiger partial charge in [-0.25, -0.2) is 14.2 Å². The maximum absolute atomic E-state index is 14.7. The number of oxazole rings is 1. The van der Waals surface area contributed by atoms with Gasteiger partial charge in [0.15, 0.2) is 17.3 Å². The molecule has 5 rings (SSSR count). The smallest absolute Gasteiger partial charge is 0.338 e. The van der Waals surface area contributed by atoms with Crippen LogP contribution in [0.1, 0.15) is 42.5 Å². The van der Waals surface area contributed by atoms with E-state index in [1.165, 1.54) is 12.5 Å². The van der Waals surface area contributed by atoms with Gasteiger partial charge in [0, 0.05) is 45.0 Å². The molecule has 224 valence electrons. The number of benzene rings is 1. The Morgan fingerprint density at radius 3 is 2.76 bits per heavy atom. The molecule has 0 radical (unpaired) electrons. The van der Waals surface area contributed by atoms with Gasteiger partial charge in [-0.1, -0.05) is 19.1 Å². The number of halogens is 1. The van der Waals surface area contributed by atoms with Crippen molar-refractivity contribution in [2.75, 3.05) is 45.9 Å². The van der Waals surface area contributed by atoms with Crippen molar-refractivity contribution in [1.29, 1.82) is 0 Å². The van der Waals surface area contributed by atoms with E-state index >= 15 is 0 Å². The molecule has 3 aliphatic rings. The van der Waals surface area contributed by atoms with Crippen molar-refractivity contribution < 1.29 is 28.2 Å². The number of aliphatic imine (C=N–C) groups is 1. The van der Waals surface area contributed by atoms with Crippen molar-refractivity contribution in [2.45, 2.75) is 39.8 Å². The van der Waals surface area contributed by atoms with Gasteiger partial charge in [0.1, 0.15) is 23.3 Å². The summed E-state index contributed by atoms with van der Waals surface area (Å²) in [4.78, 5) is 40.5. The van der Waals surface area contributed by atoms with Crippen molar-refractivity contribution in [3.63, 3.8) is 0 Å². The first-order valence-corrected chi connectivity index (χ1v) is 14.4. The van der Waals surface area contributed by atoms with Crippen molar-refractivity contribution >= 4 is 35.1 Å². The van der Waals surface area contributed by atoms with Gasteiger partial charge in [-0.05, 0) is 50.2 Å². The Bertz CT molecular complexity index is 1460. The zero-order chi connectivity index (χ0) is 30.1. The van der Waals surface area contributed by atoms with Crippen LogP contribution in [0, 0.1) is 25.6 Å². The molecule has 2 aromatic rings. The third-order valence-corrected chi connectivity index (χ3v) is 8.50. The van der Waals surface area contributed by atoms with Gasteiger partial charge < -0.3 is 29.4 Å². The largest absolute Gasteiger partial charge is 0.481 e. The van der Waals surface area contributed by atoms with Crippen LogP contribution in [0.3, 0.4) is 0 Å². The third kappa shape index (κ3) is 5.75. The summed E-state index contributed by atoms with van der Waals surface area (Å²) in [6.07, 6.45) is 1.33. The van der Waals surface area contributed by atoms with Crippen LogP contribution in [-0.4, -0.2) is 99.6 Å². The molecule has 0 saturated carbocycles. The van der Waals surface area contributed by atoms with Gasteiger partial charge in [0.25, 0.3) is 0 Å². The SMILES string of the molecule is CCOC(=O)C1=C(CN2CCN3C(=S)N(C[C@@H](C)C(=O)O)C[C@@H]3C2)NC(c2ncoc2C)=NC1c1cccc(F)c1C. The van der Waals surface area contributed by atoms with Crippen LogP contribution in [0.2, 0.25) is 0 Å². The summed E-state index contributed by atoms with van der Waals surface area (Å²) in [6.45, 7) is 10.4. The zero-order valence-corrected chi connectivity index (χ0v) is 24.9. The normalized spacial score (nSPS) is 21.6. The van der Waals surface area contributed by atoms with E-state index < -0.39 is 23.9 Å². The number of carboxylic acids is 1. The number of hydrogen-bond donors (Lipinski definition) is 2. The van der Waals surface area contributed by atoms with Crippen LogP contribution >= 0.6 is 12.2 Å². The minimum absolute atomic E-state index is 0.0784. The molecule has 3 aliphatic heterocycles. The van der Waals surface area contributed by atoms with E-state index in [9.17, 15) is 19.1 Å². The van der Waals surface area contributed by atoms with E-state index in [-0.39, 0.29) is 18.5 Å². The number of hydrogen-bond acceptors (Lipinski definition) is 9. The topological polar surface area (TPSA) is 124 Å². The number of nitrogens with one attached hydrogen (secondary N) is 1. The molecule has 2 N–H and O–H groups in total. The first kappa shape index (κ1) is 29.6. The van der Waals surface area contributed by atoms with Crippen molar-refractivity contribution in [1.82, 2.24) is 25.0 Å². The number of fused-ring (bicyclic) bond motifs is 1. The lowest BCUT2D eigenvalue weighted by Gasteiger charge is -2.39. The van der Waals surface area contributed by atoms with E-state index in [1.807, 2.05) is 4.90 Å². The zero-order valence-electron chi connectivity index (χ0n) is 24.1. The summed E-state index contributed by atoms with van der Waals surface area (Å²) in [5, 5.41) is 13.4. The Hall–Kier alpha value is -3.84. The van der Waals surface area contributed by atoms with Crippen molar-refractivity contribution in [2.24, 2.45) is 10.9 Å². The fourth-order valence-electron chi connectivity index (χ4n) is 5.74. The van der Waals surface area contributed by atoms with Gasteiger partial charge in [-0.3, -0.25) is 14.7 Å². The van der Waals surface area contributed by atoms with Gasteiger partial charge in [-0.2, -0.15) is 0 Å². The van der Waals surface area contributed by atoms with Crippen LogP contribution in [-0.2, 0) is 14.3 Å². The second-order valence-electron chi connectivity index (χ2n) is 10.8. The number of rotatable bonds is 9. The first-order valence-electron chi connectivity index (χ1n) is 14.0. The molecule has 13 heteroatoms. The molecular formula is C29H35FN6O5S. The minimum Gasteiger partial charge on any atom is -0.481 e. The maximum Gasteiger partial charge on any atom is 0.338 e. The number of aliphatic carboxylic acids is 1. The first-order chi connectivity index (χ1) is 20.1. The molecule has 2 saturated heterocycles. The fraction of sp³-hybridized carbons (Fsp3) is 0.483. The summed E-state index contributed by atoms with van der Waals surface area (Å²) in [5.74, 6) is -1.33. The van der Waals surface area contributed by atoms with Crippen LogP contribution in [0.15, 0.2) is 45.3 Å². The molecule has 1 unspecified atom stereocenters. The number of amidine groups is 1. The van der Waals surface area contributed by atoms with E-state index in [4.69, 9.17) is 26.4 Å². The molecule has 0 spiro atoms. The number of aryl methyl sites for hydroxylation is 1. The molecule has 0 amide bonds. The van der Waals surface area contributed by atoms with Crippen LogP contribution < -0.4 is 5.32 Å². The Morgan fingerprint density at radius 1 is 1.29 bits per heavy atom. The lowest BCUT2D eigenvalue weighted by molar-refractivity contribution is -0.141. The second kappa shape index (κ2) is 12.2.